The first-order valence-electron chi connectivity index (χ1n) is 8.78. The first-order valence-corrected chi connectivity index (χ1v) is 9.64. The Morgan fingerprint density at radius 3 is 2.28 bits per heavy atom. The Morgan fingerprint density at radius 1 is 1.04 bits per heavy atom. The van der Waals surface area contributed by atoms with Gasteiger partial charge in [-0.05, 0) is 0 Å². The first-order chi connectivity index (χ1) is 11.9. The maximum absolute atomic E-state index is 12.7. The number of phenolic OH excluding ortho intramolecular Hbond substituents is 2. The summed E-state index contributed by atoms with van der Waals surface area (Å²) in [5.74, 6) is -0.125. The summed E-state index contributed by atoms with van der Waals surface area (Å²) < 4.78 is 0.786. The van der Waals surface area contributed by atoms with Gasteiger partial charge in [-0.1, -0.05) is 0 Å². The molecule has 2 N–H and O–H groups in total. The molecule has 25 heavy (non-hydrogen) atoms. The van der Waals surface area contributed by atoms with Crippen molar-refractivity contribution in [1.29, 1.82) is 0 Å². The van der Waals surface area contributed by atoms with E-state index in [-0.39, 0.29) is 17.4 Å². The van der Waals surface area contributed by atoms with Crippen molar-refractivity contribution >= 4 is 32.2 Å². The molecule has 0 aromatic heterocycles. The van der Waals surface area contributed by atoms with E-state index < -0.39 is 0 Å². The molecule has 1 aliphatic rings. The molecule has 0 radical (unpaired) electrons. The van der Waals surface area contributed by atoms with Crippen LogP contribution < -0.4 is 0 Å². The van der Waals surface area contributed by atoms with Crippen molar-refractivity contribution in [3.05, 3.63) is 29.5 Å². The van der Waals surface area contributed by atoms with E-state index in [0.29, 0.717) is 17.8 Å². The molecule has 0 bridgehead atoms. The number of likely N-dealkylation sites (N-methyl/N-ethyl adjacent to an activating group) is 1. The van der Waals surface area contributed by atoms with Gasteiger partial charge >= 0.3 is 157 Å². The van der Waals surface area contributed by atoms with Crippen molar-refractivity contribution in [3.63, 3.8) is 0 Å². The molecule has 0 spiro atoms. The third kappa shape index (κ3) is 5.10. The molecule has 1 amide bonds. The Labute approximate surface area is 157 Å². The monoisotopic (exact) mass is 410 g/mol. The second kappa shape index (κ2) is 9.07. The Hall–Kier alpha value is -1.78. The van der Waals surface area contributed by atoms with E-state index >= 15 is 0 Å². The molecular weight excluding hydrogens is 383 g/mol. The fourth-order valence-electron chi connectivity index (χ4n) is 2.92. The Bertz CT molecular complexity index is 652. The van der Waals surface area contributed by atoms with Crippen molar-refractivity contribution in [3.8, 4) is 11.5 Å². The number of hydrogen-bond donors (Lipinski definition) is 2. The van der Waals surface area contributed by atoms with Crippen LogP contribution in [0.3, 0.4) is 0 Å². The van der Waals surface area contributed by atoms with Gasteiger partial charge in [0.25, 0.3) is 0 Å². The Kier molecular flexibility index (Phi) is 7.09. The van der Waals surface area contributed by atoms with Crippen molar-refractivity contribution in [1.82, 2.24) is 9.80 Å². The summed E-state index contributed by atoms with van der Waals surface area (Å²) in [6.45, 7) is 2.90. The molecule has 1 saturated heterocycles. The van der Waals surface area contributed by atoms with Crippen molar-refractivity contribution < 1.29 is 15.0 Å². The number of nitrogens with zero attached hydrogens (tertiary/aromatic N) is 2. The van der Waals surface area contributed by atoms with Crippen LogP contribution in [-0.4, -0.2) is 59.8 Å². The predicted octanol–water partition coefficient (Wildman–Crippen LogP) is 2.83. The van der Waals surface area contributed by atoms with Gasteiger partial charge in [0.05, 0.1) is 0 Å². The van der Waals surface area contributed by atoms with Crippen molar-refractivity contribution in [2.45, 2.75) is 45.4 Å². The van der Waals surface area contributed by atoms with Gasteiger partial charge in [-0.15, -0.1) is 0 Å². The minimum absolute atomic E-state index is 0.0313. The number of carbonyl (C=O) groups excluding carboxylic acids is 1. The number of amides is 1. The number of hydrogen-bond acceptors (Lipinski definition) is 4. The van der Waals surface area contributed by atoms with E-state index in [0.717, 1.165) is 17.5 Å². The average molecular weight is 409 g/mol. The molecule has 1 aliphatic heterocycles. The molecule has 1 fully saturated rings. The predicted molar refractivity (Wildman–Crippen MR) is 101 cm³/mol. The zero-order valence-corrected chi connectivity index (χ0v) is 16.6. The first kappa shape index (κ1) is 19.5. The summed E-state index contributed by atoms with van der Waals surface area (Å²) in [5, 5.41) is 19.2. The maximum atomic E-state index is 12.7. The topological polar surface area (TPSA) is 64.0 Å². The van der Waals surface area contributed by atoms with Crippen LogP contribution >= 0.6 is 0 Å². The minimum atomic E-state index is -0.0624. The Morgan fingerprint density at radius 2 is 1.64 bits per heavy atom. The second-order valence-corrected chi connectivity index (χ2v) is 7.14. The van der Waals surface area contributed by atoms with Gasteiger partial charge in [0, 0.05) is 0 Å². The fourth-order valence-corrected chi connectivity index (χ4v) is 3.49. The summed E-state index contributed by atoms with van der Waals surface area (Å²) in [7, 11) is 1.83. The van der Waals surface area contributed by atoms with Crippen LogP contribution in [0.4, 0.5) is 0 Å². The van der Waals surface area contributed by atoms with E-state index in [9.17, 15) is 15.0 Å². The van der Waals surface area contributed by atoms with E-state index in [1.807, 2.05) is 7.05 Å². The van der Waals surface area contributed by atoms with Crippen LogP contribution in [0.25, 0.3) is 6.08 Å². The van der Waals surface area contributed by atoms with Gasteiger partial charge < -0.3 is 0 Å². The van der Waals surface area contributed by atoms with Crippen LogP contribution in [-0.2, 0) is 4.79 Å². The molecule has 2 rings (SSSR count). The van der Waals surface area contributed by atoms with Gasteiger partial charge in [0.1, 0.15) is 0 Å². The molecule has 0 unspecified atom stereocenters. The fraction of sp³-hybridized carbons (Fsp3) is 0.474. The standard InChI is InChI=1S/C19H26N2O3Se/c1-3-4-5-6-7-8-9-21-18(24)17(20(2)19(21)25)12-14-10-15(22)13-16(23)11-14/h10-13,22-23H,3-9H2,1-2H3/b17-12+. The summed E-state index contributed by atoms with van der Waals surface area (Å²) in [6.07, 6.45) is 8.75. The van der Waals surface area contributed by atoms with Crippen molar-refractivity contribution in [2.75, 3.05) is 13.6 Å². The normalized spacial score (nSPS) is 16.3. The van der Waals surface area contributed by atoms with Gasteiger partial charge in [0.15, 0.2) is 0 Å². The quantitative estimate of drug-likeness (QED) is 0.394. The van der Waals surface area contributed by atoms with Gasteiger partial charge in [-0.2, -0.15) is 0 Å². The van der Waals surface area contributed by atoms with Gasteiger partial charge in [-0.25, -0.2) is 0 Å². The van der Waals surface area contributed by atoms with Gasteiger partial charge in [0.2, 0.25) is 0 Å². The number of rotatable bonds is 8. The molecule has 0 atom stereocenters. The number of carbonyl (C=O) groups is 1. The van der Waals surface area contributed by atoms with Gasteiger partial charge in [-0.3, -0.25) is 0 Å². The third-order valence-electron chi connectivity index (χ3n) is 4.31. The number of aromatic hydroxyl groups is 2. The zero-order chi connectivity index (χ0) is 18.4. The van der Waals surface area contributed by atoms with E-state index in [4.69, 9.17) is 0 Å². The molecular formula is C19H26N2O3Se. The summed E-state index contributed by atoms with van der Waals surface area (Å²) >= 11 is 2.98. The molecule has 1 heterocycles. The number of phenols is 2. The number of unbranched alkanes of at least 4 members (excludes halogenated alkanes) is 5. The molecule has 5 nitrogen and oxygen atoms in total. The van der Waals surface area contributed by atoms with Crippen LogP contribution in [0, 0.1) is 0 Å². The van der Waals surface area contributed by atoms with E-state index in [1.165, 1.54) is 43.9 Å². The number of benzene rings is 1. The van der Waals surface area contributed by atoms with E-state index in [2.05, 4.69) is 22.5 Å². The average Bonchev–Trinajstić information content (AvgIpc) is 2.74. The third-order valence-corrected chi connectivity index (χ3v) is 5.34. The Balaban J connectivity index is 2.03. The summed E-state index contributed by atoms with van der Waals surface area (Å²) in [6, 6.07) is 4.30. The molecule has 0 saturated carbocycles. The molecule has 0 aliphatic carbocycles. The van der Waals surface area contributed by atoms with Crippen LogP contribution in [0.15, 0.2) is 23.9 Å². The molecule has 6 heteroatoms. The van der Waals surface area contributed by atoms with Crippen molar-refractivity contribution in [2.24, 2.45) is 0 Å². The second-order valence-electron chi connectivity index (χ2n) is 6.38. The summed E-state index contributed by atoms with van der Waals surface area (Å²) in [5.41, 5.74) is 1.10. The van der Waals surface area contributed by atoms with Crippen LogP contribution in [0.1, 0.15) is 51.0 Å². The van der Waals surface area contributed by atoms with Crippen LogP contribution in [0.2, 0.25) is 0 Å². The summed E-state index contributed by atoms with van der Waals surface area (Å²) in [4.78, 5) is 16.3. The van der Waals surface area contributed by atoms with Crippen LogP contribution in [0.5, 0.6) is 11.5 Å². The molecule has 1 aromatic rings. The zero-order valence-electron chi connectivity index (χ0n) is 14.9. The molecule has 1 aromatic carbocycles. The SMILES string of the molecule is CCCCCCCCN1C(=O)/C(=C\c2cc(O)cc(O)c2)N(C)C1=[Se]. The van der Waals surface area contributed by atoms with E-state index in [1.54, 1.807) is 15.9 Å². The molecule has 136 valence electrons.